The minimum atomic E-state index is -0.941. The minimum absolute atomic E-state index is 0.296. The number of carboxylic acids is 1. The first-order valence-electron chi connectivity index (χ1n) is 6.22. The van der Waals surface area contributed by atoms with E-state index >= 15 is 0 Å². The van der Waals surface area contributed by atoms with E-state index in [0.29, 0.717) is 34.2 Å². The third-order valence-corrected chi connectivity index (χ3v) is 4.21. The molecule has 108 valence electrons. The standard InChI is InChI=1S/C12H12N6O2S/c1-7-8-10(13-2-4-18-5-3-16-17-18)14-6-15-11(8)21-9(7)12(19)20/h3,5-6H,2,4H2,1H3,(H,19,20)(H,13,14,15). The summed E-state index contributed by atoms with van der Waals surface area (Å²) in [5.41, 5.74) is 0.686. The normalized spacial score (nSPS) is 10.9. The fourth-order valence-electron chi connectivity index (χ4n) is 2.05. The summed E-state index contributed by atoms with van der Waals surface area (Å²) >= 11 is 1.16. The van der Waals surface area contributed by atoms with E-state index in [1.165, 1.54) is 6.33 Å². The molecular formula is C12H12N6O2S. The third-order valence-electron chi connectivity index (χ3n) is 3.03. The van der Waals surface area contributed by atoms with E-state index in [4.69, 9.17) is 0 Å². The molecule has 0 aliphatic heterocycles. The Bertz CT molecular complexity index is 783. The molecule has 0 bridgehead atoms. The lowest BCUT2D eigenvalue weighted by Gasteiger charge is -2.06. The Hall–Kier alpha value is -2.55. The fraction of sp³-hybridized carbons (Fsp3) is 0.250. The van der Waals surface area contributed by atoms with Crippen LogP contribution in [-0.4, -0.2) is 42.6 Å². The summed E-state index contributed by atoms with van der Waals surface area (Å²) in [5, 5.41) is 20.7. The molecule has 0 amide bonds. The summed E-state index contributed by atoms with van der Waals surface area (Å²) in [6.07, 6.45) is 4.82. The topological polar surface area (TPSA) is 106 Å². The molecule has 0 radical (unpaired) electrons. The highest BCUT2D eigenvalue weighted by molar-refractivity contribution is 7.20. The molecule has 0 aliphatic rings. The Labute approximate surface area is 123 Å². The van der Waals surface area contributed by atoms with Crippen molar-refractivity contribution in [2.45, 2.75) is 13.5 Å². The SMILES string of the molecule is Cc1c(C(=O)O)sc2ncnc(NCCn3ccnn3)c12. The molecule has 0 aromatic carbocycles. The number of aromatic nitrogens is 5. The van der Waals surface area contributed by atoms with Crippen LogP contribution in [0.5, 0.6) is 0 Å². The van der Waals surface area contributed by atoms with E-state index in [0.717, 1.165) is 16.7 Å². The van der Waals surface area contributed by atoms with Crippen molar-refractivity contribution in [3.05, 3.63) is 29.2 Å². The number of aryl methyl sites for hydroxylation is 1. The zero-order valence-electron chi connectivity index (χ0n) is 11.1. The van der Waals surface area contributed by atoms with Crippen molar-refractivity contribution >= 4 is 33.3 Å². The van der Waals surface area contributed by atoms with E-state index < -0.39 is 5.97 Å². The molecule has 0 saturated carbocycles. The number of carboxylic acid groups (broad SMARTS) is 1. The first-order valence-corrected chi connectivity index (χ1v) is 7.04. The number of hydrogen-bond acceptors (Lipinski definition) is 7. The van der Waals surface area contributed by atoms with Crippen LogP contribution in [0.3, 0.4) is 0 Å². The average Bonchev–Trinajstić information content (AvgIpc) is 3.07. The van der Waals surface area contributed by atoms with Gasteiger partial charge in [0, 0.05) is 12.7 Å². The van der Waals surface area contributed by atoms with Crippen molar-refractivity contribution in [3.8, 4) is 0 Å². The molecule has 21 heavy (non-hydrogen) atoms. The van der Waals surface area contributed by atoms with Gasteiger partial charge in [0.2, 0.25) is 0 Å². The maximum atomic E-state index is 11.2. The molecular weight excluding hydrogens is 292 g/mol. The zero-order chi connectivity index (χ0) is 14.8. The number of hydrogen-bond donors (Lipinski definition) is 2. The first-order chi connectivity index (χ1) is 10.2. The molecule has 0 fully saturated rings. The highest BCUT2D eigenvalue weighted by atomic mass is 32.1. The van der Waals surface area contributed by atoms with Crippen LogP contribution in [0.25, 0.3) is 10.2 Å². The maximum Gasteiger partial charge on any atom is 0.346 e. The maximum absolute atomic E-state index is 11.2. The quantitative estimate of drug-likeness (QED) is 0.733. The Kier molecular flexibility index (Phi) is 3.48. The Morgan fingerprint density at radius 1 is 1.48 bits per heavy atom. The Morgan fingerprint density at radius 2 is 2.33 bits per heavy atom. The lowest BCUT2D eigenvalue weighted by atomic mass is 10.2. The van der Waals surface area contributed by atoms with Gasteiger partial charge in [0.1, 0.15) is 21.9 Å². The highest BCUT2D eigenvalue weighted by Crippen LogP contribution is 2.32. The van der Waals surface area contributed by atoms with E-state index in [9.17, 15) is 9.90 Å². The van der Waals surface area contributed by atoms with Gasteiger partial charge in [-0.1, -0.05) is 5.21 Å². The molecule has 0 saturated heterocycles. The van der Waals surface area contributed by atoms with Gasteiger partial charge in [-0.25, -0.2) is 14.8 Å². The van der Waals surface area contributed by atoms with Crippen molar-refractivity contribution in [2.24, 2.45) is 0 Å². The molecule has 2 N–H and O–H groups in total. The number of nitrogens with one attached hydrogen (secondary N) is 1. The van der Waals surface area contributed by atoms with Crippen LogP contribution < -0.4 is 5.32 Å². The second-order valence-corrected chi connectivity index (χ2v) is 5.36. The average molecular weight is 304 g/mol. The third kappa shape index (κ3) is 2.55. The van der Waals surface area contributed by atoms with E-state index in [1.54, 1.807) is 24.0 Å². The molecule has 9 heteroatoms. The summed E-state index contributed by atoms with van der Waals surface area (Å²) in [5.74, 6) is -0.301. The van der Waals surface area contributed by atoms with Gasteiger partial charge in [0.25, 0.3) is 0 Å². The monoisotopic (exact) mass is 304 g/mol. The van der Waals surface area contributed by atoms with Crippen molar-refractivity contribution in [3.63, 3.8) is 0 Å². The summed E-state index contributed by atoms with van der Waals surface area (Å²) in [4.78, 5) is 20.5. The van der Waals surface area contributed by atoms with Gasteiger partial charge in [-0.15, -0.1) is 16.4 Å². The number of anilines is 1. The Balaban J connectivity index is 1.86. The van der Waals surface area contributed by atoms with Gasteiger partial charge in [-0.3, -0.25) is 4.68 Å². The van der Waals surface area contributed by atoms with Crippen LogP contribution in [0.4, 0.5) is 5.82 Å². The number of fused-ring (bicyclic) bond motifs is 1. The van der Waals surface area contributed by atoms with Crippen molar-refractivity contribution in [1.82, 2.24) is 25.0 Å². The van der Waals surface area contributed by atoms with Gasteiger partial charge < -0.3 is 10.4 Å². The lowest BCUT2D eigenvalue weighted by molar-refractivity contribution is 0.0701. The van der Waals surface area contributed by atoms with Crippen LogP contribution in [0.1, 0.15) is 15.2 Å². The van der Waals surface area contributed by atoms with E-state index in [1.807, 2.05) is 0 Å². The number of aromatic carboxylic acids is 1. The van der Waals surface area contributed by atoms with Crippen LogP contribution in [-0.2, 0) is 6.54 Å². The van der Waals surface area contributed by atoms with Crippen LogP contribution in [0, 0.1) is 6.92 Å². The second-order valence-electron chi connectivity index (χ2n) is 4.36. The number of rotatable bonds is 5. The molecule has 0 spiro atoms. The molecule has 0 aliphatic carbocycles. The van der Waals surface area contributed by atoms with Crippen molar-refractivity contribution in [2.75, 3.05) is 11.9 Å². The van der Waals surface area contributed by atoms with Crippen LogP contribution in [0.15, 0.2) is 18.7 Å². The van der Waals surface area contributed by atoms with E-state index in [-0.39, 0.29) is 0 Å². The van der Waals surface area contributed by atoms with Crippen LogP contribution >= 0.6 is 11.3 Å². The molecule has 8 nitrogen and oxygen atoms in total. The fourth-order valence-corrected chi connectivity index (χ4v) is 3.04. The molecule has 0 unspecified atom stereocenters. The van der Waals surface area contributed by atoms with Crippen molar-refractivity contribution in [1.29, 1.82) is 0 Å². The smallest absolute Gasteiger partial charge is 0.346 e. The first kappa shape index (κ1) is 13.4. The van der Waals surface area contributed by atoms with Gasteiger partial charge in [0.15, 0.2) is 0 Å². The van der Waals surface area contributed by atoms with Gasteiger partial charge >= 0.3 is 5.97 Å². The second kappa shape index (κ2) is 5.44. The molecule has 0 atom stereocenters. The number of thiophene rings is 1. The van der Waals surface area contributed by atoms with Gasteiger partial charge in [0.05, 0.1) is 18.1 Å². The molecule has 3 heterocycles. The van der Waals surface area contributed by atoms with E-state index in [2.05, 4.69) is 25.6 Å². The predicted molar refractivity (Wildman–Crippen MR) is 77.6 cm³/mol. The summed E-state index contributed by atoms with van der Waals surface area (Å²) in [6, 6.07) is 0. The Morgan fingerprint density at radius 3 is 3.05 bits per heavy atom. The summed E-state index contributed by atoms with van der Waals surface area (Å²) in [7, 11) is 0. The largest absolute Gasteiger partial charge is 0.477 e. The number of carbonyl (C=O) groups is 1. The minimum Gasteiger partial charge on any atom is -0.477 e. The predicted octanol–water partition coefficient (Wildman–Crippen LogP) is 1.40. The molecule has 3 rings (SSSR count). The zero-order valence-corrected chi connectivity index (χ0v) is 12.0. The molecule has 3 aromatic rings. The summed E-state index contributed by atoms with van der Waals surface area (Å²) in [6.45, 7) is 3.02. The molecule has 3 aromatic heterocycles. The van der Waals surface area contributed by atoms with Crippen molar-refractivity contribution < 1.29 is 9.90 Å². The number of nitrogens with zero attached hydrogens (tertiary/aromatic N) is 5. The lowest BCUT2D eigenvalue weighted by Crippen LogP contribution is -2.12. The van der Waals surface area contributed by atoms with Gasteiger partial charge in [-0.05, 0) is 12.5 Å². The highest BCUT2D eigenvalue weighted by Gasteiger charge is 2.18. The van der Waals surface area contributed by atoms with Crippen LogP contribution in [0.2, 0.25) is 0 Å². The van der Waals surface area contributed by atoms with Gasteiger partial charge in [-0.2, -0.15) is 0 Å². The summed E-state index contributed by atoms with van der Waals surface area (Å²) < 4.78 is 1.70.